The molecule has 1 fully saturated rings. The van der Waals surface area contributed by atoms with E-state index in [0.717, 1.165) is 12.8 Å². The molecule has 9 heteroatoms. The number of nitrogens with zero attached hydrogens (tertiary/aromatic N) is 3. The van der Waals surface area contributed by atoms with Gasteiger partial charge in [-0.2, -0.15) is 9.29 Å². The van der Waals surface area contributed by atoms with Crippen molar-refractivity contribution >= 4 is 10.0 Å². The molecule has 0 radical (unpaired) electrons. The number of para-hydroxylation sites is 1. The van der Waals surface area contributed by atoms with Gasteiger partial charge in [-0.05, 0) is 25.0 Å². The highest BCUT2D eigenvalue weighted by molar-refractivity contribution is 7.89. The van der Waals surface area contributed by atoms with Crippen molar-refractivity contribution in [2.75, 3.05) is 32.6 Å². The van der Waals surface area contributed by atoms with Crippen LogP contribution in [0.1, 0.15) is 12.8 Å². The summed E-state index contributed by atoms with van der Waals surface area (Å²) in [5.41, 5.74) is 0. The number of benzene rings is 1. The van der Waals surface area contributed by atoms with Crippen LogP contribution in [0, 0.1) is 0 Å². The normalized spacial score (nSPS) is 18.0. The van der Waals surface area contributed by atoms with E-state index in [1.807, 2.05) is 18.2 Å². The van der Waals surface area contributed by atoms with Gasteiger partial charge in [0.15, 0.2) is 0 Å². The zero-order valence-electron chi connectivity index (χ0n) is 15.2. The number of methoxy groups -OCH3 is 1. The Labute approximate surface area is 159 Å². The van der Waals surface area contributed by atoms with E-state index in [1.165, 1.54) is 23.8 Å². The number of piperidine rings is 1. The van der Waals surface area contributed by atoms with Crippen LogP contribution in [0.2, 0.25) is 0 Å². The van der Waals surface area contributed by atoms with Crippen LogP contribution in [0.25, 0.3) is 0 Å². The molecule has 0 bridgehead atoms. The van der Waals surface area contributed by atoms with Crippen LogP contribution in [0.5, 0.6) is 17.5 Å². The first kappa shape index (κ1) is 19.4. The molecule has 1 atom stereocenters. The van der Waals surface area contributed by atoms with Crippen molar-refractivity contribution < 1.29 is 22.6 Å². The molecule has 0 N–H and O–H groups in total. The van der Waals surface area contributed by atoms with Crippen LogP contribution in [-0.4, -0.2) is 61.4 Å². The largest absolute Gasteiger partial charge is 0.492 e. The van der Waals surface area contributed by atoms with E-state index in [2.05, 4.69) is 9.97 Å². The van der Waals surface area contributed by atoms with Gasteiger partial charge in [0.1, 0.15) is 18.5 Å². The minimum Gasteiger partial charge on any atom is -0.492 e. The number of hydrogen-bond acceptors (Lipinski definition) is 7. The first-order valence-electron chi connectivity index (χ1n) is 8.75. The molecule has 1 aromatic carbocycles. The third-order valence-corrected chi connectivity index (χ3v) is 5.98. The summed E-state index contributed by atoms with van der Waals surface area (Å²) >= 11 is 0. The van der Waals surface area contributed by atoms with Crippen LogP contribution >= 0.6 is 0 Å². The first-order chi connectivity index (χ1) is 13.1. The molecule has 1 aliphatic heterocycles. The van der Waals surface area contributed by atoms with Crippen LogP contribution in [-0.2, 0) is 10.0 Å². The fourth-order valence-corrected chi connectivity index (χ4v) is 4.17. The minimum absolute atomic E-state index is 0.0758. The predicted octanol–water partition coefficient (Wildman–Crippen LogP) is 1.74. The quantitative estimate of drug-likeness (QED) is 0.675. The number of sulfonamides is 1. The molecule has 1 aliphatic rings. The minimum atomic E-state index is -3.42. The highest BCUT2D eigenvalue weighted by atomic mass is 32.2. The highest BCUT2D eigenvalue weighted by Gasteiger charge is 2.30. The van der Waals surface area contributed by atoms with Gasteiger partial charge in [0.05, 0.1) is 31.8 Å². The lowest BCUT2D eigenvalue weighted by Crippen LogP contribution is -2.45. The number of aromatic nitrogens is 2. The lowest BCUT2D eigenvalue weighted by molar-refractivity contribution is 0.123. The molecule has 8 nitrogen and oxygen atoms in total. The maximum absolute atomic E-state index is 12.6. The Kier molecular flexibility index (Phi) is 6.46. The fraction of sp³-hybridized carbons (Fsp3) is 0.444. The van der Waals surface area contributed by atoms with Gasteiger partial charge in [-0.25, -0.2) is 8.42 Å². The van der Waals surface area contributed by atoms with E-state index in [4.69, 9.17) is 14.2 Å². The second-order valence-electron chi connectivity index (χ2n) is 6.12. The summed E-state index contributed by atoms with van der Waals surface area (Å²) in [7, 11) is -1.92. The molecule has 0 saturated carbocycles. The molecular weight excluding hydrogens is 370 g/mol. The molecule has 2 heterocycles. The van der Waals surface area contributed by atoms with Crippen molar-refractivity contribution in [1.82, 2.24) is 14.3 Å². The van der Waals surface area contributed by atoms with Crippen molar-refractivity contribution in [2.45, 2.75) is 18.9 Å². The molecule has 0 aliphatic carbocycles. The molecule has 27 heavy (non-hydrogen) atoms. The molecule has 2 aromatic rings. The van der Waals surface area contributed by atoms with Crippen molar-refractivity contribution in [3.05, 3.63) is 42.7 Å². The highest BCUT2D eigenvalue weighted by Crippen LogP contribution is 2.20. The number of hydrogen-bond donors (Lipinski definition) is 0. The summed E-state index contributed by atoms with van der Waals surface area (Å²) in [5, 5.41) is 0. The molecule has 3 rings (SSSR count). The topological polar surface area (TPSA) is 90.9 Å². The molecule has 1 saturated heterocycles. The van der Waals surface area contributed by atoms with E-state index in [9.17, 15) is 8.42 Å². The summed E-state index contributed by atoms with van der Waals surface area (Å²) in [6.07, 6.45) is 4.18. The molecule has 0 spiro atoms. The summed E-state index contributed by atoms with van der Waals surface area (Å²) in [5.74, 6) is 1.26. The Hall–Kier alpha value is -2.39. The van der Waals surface area contributed by atoms with E-state index in [1.54, 1.807) is 12.1 Å². The van der Waals surface area contributed by atoms with E-state index in [0.29, 0.717) is 24.1 Å². The third kappa shape index (κ3) is 5.54. The Balaban J connectivity index is 1.54. The van der Waals surface area contributed by atoms with E-state index >= 15 is 0 Å². The van der Waals surface area contributed by atoms with Gasteiger partial charge in [-0.1, -0.05) is 18.2 Å². The van der Waals surface area contributed by atoms with E-state index < -0.39 is 10.0 Å². The van der Waals surface area contributed by atoms with Crippen molar-refractivity contribution in [2.24, 2.45) is 0 Å². The lowest BCUT2D eigenvalue weighted by atomic mass is 10.1. The molecular formula is C18H23N3O5S. The third-order valence-electron chi connectivity index (χ3n) is 4.17. The summed E-state index contributed by atoms with van der Waals surface area (Å²) in [4.78, 5) is 8.16. The average Bonchev–Trinajstić information content (AvgIpc) is 2.69. The molecule has 0 amide bonds. The predicted molar refractivity (Wildman–Crippen MR) is 99.5 cm³/mol. The van der Waals surface area contributed by atoms with Gasteiger partial charge in [0.2, 0.25) is 21.8 Å². The van der Waals surface area contributed by atoms with Crippen molar-refractivity contribution in [3.8, 4) is 17.5 Å². The van der Waals surface area contributed by atoms with Gasteiger partial charge in [0, 0.05) is 6.54 Å². The van der Waals surface area contributed by atoms with Gasteiger partial charge >= 0.3 is 0 Å². The molecule has 146 valence electrons. The number of rotatable bonds is 8. The van der Waals surface area contributed by atoms with Gasteiger partial charge < -0.3 is 14.2 Å². The zero-order valence-corrected chi connectivity index (χ0v) is 16.0. The van der Waals surface area contributed by atoms with Crippen LogP contribution in [0.3, 0.4) is 0 Å². The molecule has 1 unspecified atom stereocenters. The Morgan fingerprint density at radius 3 is 2.74 bits per heavy atom. The first-order valence-corrected chi connectivity index (χ1v) is 10.4. The Morgan fingerprint density at radius 1 is 1.19 bits per heavy atom. The zero-order chi connectivity index (χ0) is 19.1. The maximum Gasteiger partial charge on any atom is 0.235 e. The Bertz CT molecular complexity index is 832. The van der Waals surface area contributed by atoms with Gasteiger partial charge in [0.25, 0.3) is 0 Å². The fourth-order valence-electron chi connectivity index (χ4n) is 2.82. The van der Waals surface area contributed by atoms with Gasteiger partial charge in [-0.15, -0.1) is 0 Å². The lowest BCUT2D eigenvalue weighted by Gasteiger charge is -2.31. The Morgan fingerprint density at radius 2 is 1.96 bits per heavy atom. The molecule has 1 aromatic heterocycles. The summed E-state index contributed by atoms with van der Waals surface area (Å²) < 4.78 is 43.0. The van der Waals surface area contributed by atoms with Crippen LogP contribution in [0.15, 0.2) is 42.7 Å². The monoisotopic (exact) mass is 393 g/mol. The smallest absolute Gasteiger partial charge is 0.235 e. The second kappa shape index (κ2) is 9.01. The van der Waals surface area contributed by atoms with Crippen LogP contribution < -0.4 is 14.2 Å². The van der Waals surface area contributed by atoms with E-state index in [-0.39, 0.29) is 25.0 Å². The summed E-state index contributed by atoms with van der Waals surface area (Å²) in [6.45, 7) is 0.875. The second-order valence-corrected chi connectivity index (χ2v) is 8.21. The van der Waals surface area contributed by atoms with Crippen molar-refractivity contribution in [3.63, 3.8) is 0 Å². The number of ether oxygens (including phenoxy) is 3. The average molecular weight is 393 g/mol. The SMILES string of the molecule is COc1cncc(OC2CCCN(S(=O)(=O)CCOc3ccccc3)C2)n1. The standard InChI is InChI=1S/C18H23N3O5S/c1-24-17-12-19-13-18(20-17)26-16-8-5-9-21(14-16)27(22,23)11-10-25-15-6-3-2-4-7-15/h2-4,6-7,12-13,16H,5,8-11,14H2,1H3. The maximum atomic E-state index is 12.6. The van der Waals surface area contributed by atoms with Crippen LogP contribution in [0.4, 0.5) is 0 Å². The van der Waals surface area contributed by atoms with Crippen molar-refractivity contribution in [1.29, 1.82) is 0 Å². The van der Waals surface area contributed by atoms with Gasteiger partial charge in [-0.3, -0.25) is 4.98 Å². The summed E-state index contributed by atoms with van der Waals surface area (Å²) in [6, 6.07) is 9.17.